The largest absolute Gasteiger partial charge is 0.378 e. The number of nitrogens with one attached hydrogen (secondary N) is 1. The number of ketones is 1. The van der Waals surface area contributed by atoms with E-state index in [1.807, 2.05) is 23.7 Å². The van der Waals surface area contributed by atoms with Crippen LogP contribution < -0.4 is 0 Å². The third kappa shape index (κ3) is 3.15. The Balaban J connectivity index is 1.64. The van der Waals surface area contributed by atoms with Crippen molar-refractivity contribution >= 4 is 17.1 Å². The summed E-state index contributed by atoms with van der Waals surface area (Å²) in [5.41, 5.74) is 1.07. The Morgan fingerprint density at radius 2 is 2.55 bits per heavy atom. The van der Waals surface area contributed by atoms with Gasteiger partial charge < -0.3 is 9.72 Å². The lowest BCUT2D eigenvalue weighted by atomic mass is 10.1. The number of Topliss-reactive ketones (excluding diaryl/α,β-unsaturated/α-hetero) is 1. The number of hydrogen-bond donors (Lipinski definition) is 1. The number of morpholine rings is 1. The van der Waals surface area contributed by atoms with Crippen LogP contribution in [0.15, 0.2) is 30.0 Å². The second-order valence-electron chi connectivity index (χ2n) is 4.88. The Hall–Kier alpha value is -1.50. The summed E-state index contributed by atoms with van der Waals surface area (Å²) in [5.74, 6) is 0.199. The quantitative estimate of drug-likeness (QED) is 0.855. The summed E-state index contributed by atoms with van der Waals surface area (Å²) in [4.78, 5) is 22.5. The molecular formula is C14H17N3O2S. The summed E-state index contributed by atoms with van der Waals surface area (Å²) in [6, 6.07) is 3.94. The van der Waals surface area contributed by atoms with Gasteiger partial charge in [0.05, 0.1) is 24.4 Å². The predicted octanol–water partition coefficient (Wildman–Crippen LogP) is 1.94. The number of hydrogen-bond acceptors (Lipinski definition) is 5. The Morgan fingerprint density at radius 3 is 3.30 bits per heavy atom. The van der Waals surface area contributed by atoms with Crippen molar-refractivity contribution in [3.63, 3.8) is 0 Å². The minimum atomic E-state index is 0.140. The molecule has 1 saturated heterocycles. The number of thiophene rings is 1. The van der Waals surface area contributed by atoms with Crippen molar-refractivity contribution in [3.05, 3.63) is 40.6 Å². The standard InChI is InChI=1S/C14H17N3O2S/c18-13(14-2-1-5-20-14)6-12-9-19-4-3-17(12)8-11-7-15-10-16-11/h1-2,5,7,10,12H,3-4,6,8-9H2,(H,15,16). The van der Waals surface area contributed by atoms with E-state index in [4.69, 9.17) is 4.74 Å². The zero-order chi connectivity index (χ0) is 13.8. The van der Waals surface area contributed by atoms with Crippen molar-refractivity contribution in [1.82, 2.24) is 14.9 Å². The highest BCUT2D eigenvalue weighted by Gasteiger charge is 2.26. The van der Waals surface area contributed by atoms with Crippen molar-refractivity contribution in [1.29, 1.82) is 0 Å². The number of aromatic amines is 1. The van der Waals surface area contributed by atoms with Gasteiger partial charge in [-0.15, -0.1) is 11.3 Å². The van der Waals surface area contributed by atoms with Gasteiger partial charge in [-0.3, -0.25) is 9.69 Å². The topological polar surface area (TPSA) is 58.2 Å². The number of carbonyl (C=O) groups excluding carboxylic acids is 1. The van der Waals surface area contributed by atoms with Gasteiger partial charge in [0.15, 0.2) is 5.78 Å². The molecule has 6 heteroatoms. The molecule has 0 radical (unpaired) electrons. The first-order chi connectivity index (χ1) is 9.83. The van der Waals surface area contributed by atoms with Gasteiger partial charge in [0.2, 0.25) is 0 Å². The number of H-pyrrole nitrogens is 1. The van der Waals surface area contributed by atoms with E-state index in [1.165, 1.54) is 11.3 Å². The van der Waals surface area contributed by atoms with E-state index in [-0.39, 0.29) is 11.8 Å². The smallest absolute Gasteiger partial charge is 0.174 e. The highest BCUT2D eigenvalue weighted by Crippen LogP contribution is 2.18. The number of nitrogens with zero attached hydrogens (tertiary/aromatic N) is 2. The molecule has 2 aromatic heterocycles. The molecule has 1 fully saturated rings. The molecule has 1 unspecified atom stereocenters. The van der Waals surface area contributed by atoms with Gasteiger partial charge in [-0.05, 0) is 11.4 Å². The molecule has 0 saturated carbocycles. The lowest BCUT2D eigenvalue weighted by Crippen LogP contribution is -2.45. The molecule has 3 rings (SSSR count). The molecule has 1 N–H and O–H groups in total. The van der Waals surface area contributed by atoms with Crippen LogP contribution in [-0.4, -0.2) is 46.5 Å². The van der Waals surface area contributed by atoms with E-state index in [1.54, 1.807) is 6.33 Å². The molecule has 2 aromatic rings. The van der Waals surface area contributed by atoms with E-state index in [2.05, 4.69) is 14.9 Å². The Bertz CT molecular complexity index is 539. The van der Waals surface area contributed by atoms with Gasteiger partial charge in [-0.1, -0.05) is 6.07 Å². The fourth-order valence-corrected chi connectivity index (χ4v) is 3.10. The second-order valence-corrected chi connectivity index (χ2v) is 5.83. The molecule has 0 bridgehead atoms. The van der Waals surface area contributed by atoms with Crippen LogP contribution in [0.1, 0.15) is 21.8 Å². The number of ether oxygens (including phenoxy) is 1. The predicted molar refractivity (Wildman–Crippen MR) is 76.9 cm³/mol. The van der Waals surface area contributed by atoms with Gasteiger partial charge in [0, 0.05) is 37.4 Å². The SMILES string of the molecule is O=C(CC1COCCN1Cc1cnc[nH]1)c1cccs1. The molecule has 0 spiro atoms. The minimum absolute atomic E-state index is 0.140. The van der Waals surface area contributed by atoms with Crippen molar-refractivity contribution in [2.75, 3.05) is 19.8 Å². The highest BCUT2D eigenvalue weighted by molar-refractivity contribution is 7.12. The van der Waals surface area contributed by atoms with Crippen LogP contribution in [0.3, 0.4) is 0 Å². The molecule has 1 aliphatic rings. The van der Waals surface area contributed by atoms with E-state index in [0.717, 1.165) is 30.3 Å². The summed E-state index contributed by atoms with van der Waals surface area (Å²) in [5, 5.41) is 1.94. The lowest BCUT2D eigenvalue weighted by molar-refractivity contribution is -0.0130. The van der Waals surface area contributed by atoms with E-state index >= 15 is 0 Å². The number of rotatable bonds is 5. The third-order valence-electron chi connectivity index (χ3n) is 3.49. The summed E-state index contributed by atoms with van der Waals surface area (Å²) >= 11 is 1.50. The Morgan fingerprint density at radius 1 is 1.60 bits per heavy atom. The molecule has 20 heavy (non-hydrogen) atoms. The first kappa shape index (κ1) is 13.5. The maximum atomic E-state index is 12.2. The van der Waals surface area contributed by atoms with Crippen molar-refractivity contribution in [2.45, 2.75) is 19.0 Å². The maximum Gasteiger partial charge on any atom is 0.174 e. The van der Waals surface area contributed by atoms with Gasteiger partial charge in [-0.2, -0.15) is 0 Å². The van der Waals surface area contributed by atoms with Crippen LogP contribution in [0.4, 0.5) is 0 Å². The first-order valence-electron chi connectivity index (χ1n) is 6.68. The molecule has 0 aromatic carbocycles. The van der Waals surface area contributed by atoms with Gasteiger partial charge in [-0.25, -0.2) is 4.98 Å². The van der Waals surface area contributed by atoms with Gasteiger partial charge in [0.25, 0.3) is 0 Å². The lowest BCUT2D eigenvalue weighted by Gasteiger charge is -2.34. The normalized spacial score (nSPS) is 20.1. The summed E-state index contributed by atoms with van der Waals surface area (Å²) in [7, 11) is 0. The van der Waals surface area contributed by atoms with E-state index < -0.39 is 0 Å². The minimum Gasteiger partial charge on any atom is -0.378 e. The van der Waals surface area contributed by atoms with Gasteiger partial charge >= 0.3 is 0 Å². The average Bonchev–Trinajstić information content (AvgIpc) is 3.13. The molecule has 5 nitrogen and oxygen atoms in total. The molecule has 106 valence electrons. The van der Waals surface area contributed by atoms with Crippen LogP contribution in [-0.2, 0) is 11.3 Å². The monoisotopic (exact) mass is 291 g/mol. The van der Waals surface area contributed by atoms with Crippen LogP contribution in [0.2, 0.25) is 0 Å². The number of carbonyl (C=O) groups is 1. The molecular weight excluding hydrogens is 274 g/mol. The maximum absolute atomic E-state index is 12.2. The highest BCUT2D eigenvalue weighted by atomic mass is 32.1. The van der Waals surface area contributed by atoms with Crippen LogP contribution in [0.5, 0.6) is 0 Å². The van der Waals surface area contributed by atoms with Crippen molar-refractivity contribution in [3.8, 4) is 0 Å². The zero-order valence-corrected chi connectivity index (χ0v) is 11.9. The number of aromatic nitrogens is 2. The molecule has 0 aliphatic carbocycles. The van der Waals surface area contributed by atoms with Crippen LogP contribution >= 0.6 is 11.3 Å². The molecule has 1 atom stereocenters. The summed E-state index contributed by atoms with van der Waals surface area (Å²) in [6.07, 6.45) is 4.02. The van der Waals surface area contributed by atoms with E-state index in [9.17, 15) is 4.79 Å². The van der Waals surface area contributed by atoms with Crippen LogP contribution in [0.25, 0.3) is 0 Å². The Kier molecular flexibility index (Phi) is 4.25. The molecule has 3 heterocycles. The van der Waals surface area contributed by atoms with E-state index in [0.29, 0.717) is 13.0 Å². The average molecular weight is 291 g/mol. The van der Waals surface area contributed by atoms with Crippen molar-refractivity contribution in [2.24, 2.45) is 0 Å². The fraction of sp³-hybridized carbons (Fsp3) is 0.429. The fourth-order valence-electron chi connectivity index (χ4n) is 2.43. The Labute approximate surface area is 121 Å². The van der Waals surface area contributed by atoms with Gasteiger partial charge in [0.1, 0.15) is 0 Å². The van der Waals surface area contributed by atoms with Crippen LogP contribution in [0, 0.1) is 0 Å². The molecule has 0 amide bonds. The number of imidazole rings is 1. The van der Waals surface area contributed by atoms with Crippen molar-refractivity contribution < 1.29 is 9.53 Å². The molecule has 1 aliphatic heterocycles. The summed E-state index contributed by atoms with van der Waals surface area (Å²) < 4.78 is 5.53. The summed E-state index contributed by atoms with van der Waals surface area (Å²) in [6.45, 7) is 2.97. The first-order valence-corrected chi connectivity index (χ1v) is 7.56. The zero-order valence-electron chi connectivity index (χ0n) is 11.1. The second kappa shape index (κ2) is 6.30. The third-order valence-corrected chi connectivity index (χ3v) is 4.41.